The van der Waals surface area contributed by atoms with Crippen molar-refractivity contribution < 1.29 is 9.53 Å². The molecule has 0 aromatic heterocycles. The first-order chi connectivity index (χ1) is 5.99. The lowest BCUT2D eigenvalue weighted by Crippen LogP contribution is -2.25. The van der Waals surface area contributed by atoms with Crippen LogP contribution in [0.1, 0.15) is 6.92 Å². The van der Waals surface area contributed by atoms with Gasteiger partial charge >= 0.3 is 5.97 Å². The molecule has 0 radical (unpaired) electrons. The molecule has 4 nitrogen and oxygen atoms in total. The average Bonchev–Trinajstić information content (AvgIpc) is 1.99. The molecule has 0 spiro atoms. The van der Waals surface area contributed by atoms with Gasteiger partial charge in [-0.05, 0) is 6.92 Å². The van der Waals surface area contributed by atoms with E-state index in [1.165, 1.54) is 6.08 Å². The van der Waals surface area contributed by atoms with E-state index < -0.39 is 0 Å². The maximum Gasteiger partial charge on any atom is 0.334 e. The summed E-state index contributed by atoms with van der Waals surface area (Å²) in [4.78, 5) is 14.8. The minimum Gasteiger partial charge on any atom is -0.463 e. The van der Waals surface area contributed by atoms with E-state index >= 15 is 0 Å². The Morgan fingerprint density at radius 3 is 2.00 bits per heavy atom. The van der Waals surface area contributed by atoms with Crippen LogP contribution in [0.3, 0.4) is 0 Å². The second-order valence-corrected chi connectivity index (χ2v) is 3.04. The van der Waals surface area contributed by atoms with Crippen molar-refractivity contribution in [1.82, 2.24) is 9.80 Å². The van der Waals surface area contributed by atoms with Crippen LogP contribution in [0.2, 0.25) is 0 Å². The Kier molecular flexibility index (Phi) is 4.96. The van der Waals surface area contributed by atoms with Gasteiger partial charge in [-0.15, -0.1) is 0 Å². The van der Waals surface area contributed by atoms with Gasteiger partial charge in [0.1, 0.15) is 5.82 Å². The van der Waals surface area contributed by atoms with Gasteiger partial charge < -0.3 is 14.5 Å². The summed E-state index contributed by atoms with van der Waals surface area (Å²) in [6, 6.07) is 0. The third-order valence-corrected chi connectivity index (χ3v) is 1.45. The highest BCUT2D eigenvalue weighted by Crippen LogP contribution is 2.01. The first-order valence-electron chi connectivity index (χ1n) is 4.22. The Labute approximate surface area is 79.8 Å². The van der Waals surface area contributed by atoms with Gasteiger partial charge in [0.15, 0.2) is 0 Å². The summed E-state index contributed by atoms with van der Waals surface area (Å²) in [7, 11) is 7.52. The Bertz CT molecular complexity index is 188. The maximum atomic E-state index is 11.1. The average molecular weight is 186 g/mol. The van der Waals surface area contributed by atoms with Crippen molar-refractivity contribution in [2.24, 2.45) is 0 Å². The van der Waals surface area contributed by atoms with Crippen molar-refractivity contribution in [3.8, 4) is 0 Å². The fraction of sp³-hybridized carbons (Fsp3) is 0.667. The van der Waals surface area contributed by atoms with Crippen molar-refractivity contribution in [2.45, 2.75) is 6.92 Å². The van der Waals surface area contributed by atoms with E-state index in [0.717, 1.165) is 5.82 Å². The van der Waals surface area contributed by atoms with Gasteiger partial charge in [-0.2, -0.15) is 0 Å². The molecule has 0 amide bonds. The summed E-state index contributed by atoms with van der Waals surface area (Å²) in [5.41, 5.74) is 0. The summed E-state index contributed by atoms with van der Waals surface area (Å²) in [6.45, 7) is 2.19. The zero-order valence-corrected chi connectivity index (χ0v) is 9.00. The topological polar surface area (TPSA) is 32.8 Å². The second kappa shape index (κ2) is 5.45. The molecule has 0 saturated heterocycles. The molecule has 0 heterocycles. The summed E-state index contributed by atoms with van der Waals surface area (Å²) in [6.07, 6.45) is 1.48. The summed E-state index contributed by atoms with van der Waals surface area (Å²) >= 11 is 0. The molecule has 0 unspecified atom stereocenters. The van der Waals surface area contributed by atoms with E-state index in [-0.39, 0.29) is 5.97 Å². The van der Waals surface area contributed by atoms with Crippen LogP contribution in [-0.2, 0) is 9.53 Å². The van der Waals surface area contributed by atoms with E-state index in [1.54, 1.807) is 6.92 Å². The van der Waals surface area contributed by atoms with E-state index in [0.29, 0.717) is 6.61 Å². The van der Waals surface area contributed by atoms with Crippen LogP contribution >= 0.6 is 0 Å². The molecule has 0 aromatic carbocycles. The van der Waals surface area contributed by atoms with Gasteiger partial charge in [0.2, 0.25) is 0 Å². The highest BCUT2D eigenvalue weighted by atomic mass is 16.5. The van der Waals surface area contributed by atoms with Crippen molar-refractivity contribution in [3.63, 3.8) is 0 Å². The Hall–Kier alpha value is -1.19. The first-order valence-corrected chi connectivity index (χ1v) is 4.22. The maximum absolute atomic E-state index is 11.1. The van der Waals surface area contributed by atoms with Crippen LogP contribution in [0.5, 0.6) is 0 Å². The largest absolute Gasteiger partial charge is 0.463 e. The first kappa shape index (κ1) is 11.8. The van der Waals surface area contributed by atoms with Crippen LogP contribution in [0.4, 0.5) is 0 Å². The molecule has 4 heteroatoms. The highest BCUT2D eigenvalue weighted by molar-refractivity contribution is 5.82. The Balaban J connectivity index is 4.44. The molecule has 0 aromatic rings. The Morgan fingerprint density at radius 1 is 1.23 bits per heavy atom. The summed E-state index contributed by atoms with van der Waals surface area (Å²) in [5, 5.41) is 0. The number of nitrogens with zero attached hydrogens (tertiary/aromatic N) is 2. The predicted molar refractivity (Wildman–Crippen MR) is 52.1 cm³/mol. The van der Waals surface area contributed by atoms with E-state index in [4.69, 9.17) is 4.74 Å². The van der Waals surface area contributed by atoms with Gasteiger partial charge in [0, 0.05) is 28.2 Å². The van der Waals surface area contributed by atoms with Crippen LogP contribution in [0, 0.1) is 0 Å². The molecule has 0 saturated carbocycles. The van der Waals surface area contributed by atoms with Gasteiger partial charge in [0.25, 0.3) is 0 Å². The number of carbonyl (C=O) groups excluding carboxylic acids is 1. The monoisotopic (exact) mass is 186 g/mol. The second-order valence-electron chi connectivity index (χ2n) is 3.04. The van der Waals surface area contributed by atoms with Crippen LogP contribution in [-0.4, -0.2) is 50.6 Å². The lowest BCUT2D eigenvalue weighted by atomic mass is 10.5. The fourth-order valence-corrected chi connectivity index (χ4v) is 0.948. The predicted octanol–water partition coefficient (Wildman–Crippen LogP) is 0.514. The minimum atomic E-state index is -0.306. The minimum absolute atomic E-state index is 0.306. The zero-order chi connectivity index (χ0) is 10.4. The van der Waals surface area contributed by atoms with E-state index in [1.807, 2.05) is 38.0 Å². The molecule has 0 aliphatic heterocycles. The molecule has 0 bridgehead atoms. The van der Waals surface area contributed by atoms with Crippen LogP contribution in [0.25, 0.3) is 0 Å². The molecule has 0 aliphatic rings. The molecule has 0 fully saturated rings. The van der Waals surface area contributed by atoms with Crippen molar-refractivity contribution >= 4 is 5.97 Å². The summed E-state index contributed by atoms with van der Waals surface area (Å²) < 4.78 is 4.80. The zero-order valence-electron chi connectivity index (χ0n) is 9.00. The number of ether oxygens (including phenoxy) is 1. The molecule has 13 heavy (non-hydrogen) atoms. The number of rotatable bonds is 4. The third-order valence-electron chi connectivity index (χ3n) is 1.45. The van der Waals surface area contributed by atoms with Gasteiger partial charge in [-0.1, -0.05) is 0 Å². The van der Waals surface area contributed by atoms with Gasteiger partial charge in [-0.3, -0.25) is 0 Å². The molecule has 0 rings (SSSR count). The van der Waals surface area contributed by atoms with E-state index in [9.17, 15) is 4.79 Å². The summed E-state index contributed by atoms with van der Waals surface area (Å²) in [5.74, 6) is 0.512. The lowest BCUT2D eigenvalue weighted by molar-refractivity contribution is -0.137. The van der Waals surface area contributed by atoms with Crippen molar-refractivity contribution in [2.75, 3.05) is 34.8 Å². The normalized spacial score (nSPS) is 9.00. The van der Waals surface area contributed by atoms with E-state index in [2.05, 4.69) is 0 Å². The molecular weight excluding hydrogens is 168 g/mol. The quantitative estimate of drug-likeness (QED) is 0.473. The number of hydrogen-bond acceptors (Lipinski definition) is 4. The smallest absolute Gasteiger partial charge is 0.334 e. The van der Waals surface area contributed by atoms with Gasteiger partial charge in [0.05, 0.1) is 12.7 Å². The third kappa shape index (κ3) is 4.40. The lowest BCUT2D eigenvalue weighted by Gasteiger charge is -2.23. The number of esters is 1. The molecule has 0 atom stereocenters. The molecule has 76 valence electrons. The number of carbonyl (C=O) groups is 1. The standard InChI is InChI=1S/C9H18N2O2/c1-6-13-9(12)7-8(10(2)3)11(4)5/h7H,6H2,1-5H3. The van der Waals surface area contributed by atoms with Crippen molar-refractivity contribution in [3.05, 3.63) is 11.9 Å². The number of hydrogen-bond donors (Lipinski definition) is 0. The Morgan fingerprint density at radius 2 is 1.69 bits per heavy atom. The van der Waals surface area contributed by atoms with Gasteiger partial charge in [-0.25, -0.2) is 4.79 Å². The molecule has 0 aliphatic carbocycles. The fourth-order valence-electron chi connectivity index (χ4n) is 0.948. The molecule has 0 N–H and O–H groups in total. The van der Waals surface area contributed by atoms with Crippen LogP contribution < -0.4 is 0 Å². The highest BCUT2D eigenvalue weighted by Gasteiger charge is 2.05. The SMILES string of the molecule is CCOC(=O)C=C(N(C)C)N(C)C. The molecular formula is C9H18N2O2. The van der Waals surface area contributed by atoms with Crippen molar-refractivity contribution in [1.29, 1.82) is 0 Å². The van der Waals surface area contributed by atoms with Crippen LogP contribution in [0.15, 0.2) is 11.9 Å².